The van der Waals surface area contributed by atoms with Crippen LogP contribution in [0.25, 0.3) is 0 Å². The minimum absolute atomic E-state index is 0.421. The van der Waals surface area contributed by atoms with Crippen molar-refractivity contribution in [2.45, 2.75) is 50.2 Å². The number of nitrogens with zero attached hydrogens (tertiary/aromatic N) is 1. The number of rotatable bonds is 6. The first-order chi connectivity index (χ1) is 8.62. The molecule has 2 N–H and O–H groups in total. The van der Waals surface area contributed by atoms with Crippen LogP contribution in [-0.2, 0) is 4.74 Å². The van der Waals surface area contributed by atoms with Crippen LogP contribution in [-0.4, -0.2) is 62.9 Å². The van der Waals surface area contributed by atoms with E-state index in [1.165, 1.54) is 19.3 Å². The van der Waals surface area contributed by atoms with Gasteiger partial charge in [-0.1, -0.05) is 0 Å². The zero-order valence-corrected chi connectivity index (χ0v) is 12.2. The Kier molecular flexibility index (Phi) is 5.01. The molecule has 1 aliphatic carbocycles. The molecule has 106 valence electrons. The van der Waals surface area contributed by atoms with Crippen molar-refractivity contribution in [2.24, 2.45) is 0 Å². The average Bonchev–Trinajstić information content (AvgIpc) is 2.28. The lowest BCUT2D eigenvalue weighted by Gasteiger charge is -2.48. The summed E-state index contributed by atoms with van der Waals surface area (Å²) in [6.07, 6.45) is 5.21. The highest BCUT2D eigenvalue weighted by Crippen LogP contribution is 2.35. The molecule has 1 saturated carbocycles. The van der Waals surface area contributed by atoms with Crippen molar-refractivity contribution in [3.63, 3.8) is 0 Å². The van der Waals surface area contributed by atoms with Crippen LogP contribution in [0.15, 0.2) is 0 Å². The largest absolute Gasteiger partial charge is 0.379 e. The van der Waals surface area contributed by atoms with E-state index in [1.54, 1.807) is 0 Å². The Morgan fingerprint density at radius 1 is 1.44 bits per heavy atom. The van der Waals surface area contributed by atoms with Crippen LogP contribution < -0.4 is 10.6 Å². The summed E-state index contributed by atoms with van der Waals surface area (Å²) >= 11 is 0. The lowest BCUT2D eigenvalue weighted by molar-refractivity contribution is 0.0521. The van der Waals surface area contributed by atoms with Gasteiger partial charge in [0.2, 0.25) is 0 Å². The minimum Gasteiger partial charge on any atom is -0.379 e. The van der Waals surface area contributed by atoms with Crippen LogP contribution in [0.2, 0.25) is 0 Å². The molecule has 0 aromatic heterocycles. The third kappa shape index (κ3) is 3.44. The Labute approximate surface area is 111 Å². The predicted octanol–water partition coefficient (Wildman–Crippen LogP) is 0.827. The molecule has 2 fully saturated rings. The zero-order chi connectivity index (χ0) is 13.0. The first-order valence-electron chi connectivity index (χ1n) is 7.34. The Hall–Kier alpha value is -0.160. The molecular formula is C14H29N3O. The summed E-state index contributed by atoms with van der Waals surface area (Å²) < 4.78 is 5.50. The van der Waals surface area contributed by atoms with Crippen molar-refractivity contribution >= 4 is 0 Å². The van der Waals surface area contributed by atoms with Crippen molar-refractivity contribution in [1.82, 2.24) is 15.5 Å². The second-order valence-corrected chi connectivity index (χ2v) is 6.22. The minimum atomic E-state index is 0.421. The maximum Gasteiger partial charge on any atom is 0.0620 e. The Bertz CT molecular complexity index is 247. The summed E-state index contributed by atoms with van der Waals surface area (Å²) in [6, 6.07) is 1.08. The van der Waals surface area contributed by atoms with Crippen molar-refractivity contribution < 1.29 is 4.74 Å². The van der Waals surface area contributed by atoms with Gasteiger partial charge in [0.15, 0.2) is 0 Å². The maximum atomic E-state index is 5.50. The fourth-order valence-electron chi connectivity index (χ4n) is 3.01. The van der Waals surface area contributed by atoms with Crippen LogP contribution >= 0.6 is 0 Å². The van der Waals surface area contributed by atoms with Crippen LogP contribution in [0, 0.1) is 0 Å². The zero-order valence-electron chi connectivity index (χ0n) is 12.2. The highest BCUT2D eigenvalue weighted by atomic mass is 16.5. The number of hydrogen-bond acceptors (Lipinski definition) is 4. The van der Waals surface area contributed by atoms with Gasteiger partial charge >= 0.3 is 0 Å². The Morgan fingerprint density at radius 3 is 2.72 bits per heavy atom. The van der Waals surface area contributed by atoms with Crippen molar-refractivity contribution in [3.05, 3.63) is 0 Å². The van der Waals surface area contributed by atoms with E-state index in [9.17, 15) is 0 Å². The molecule has 18 heavy (non-hydrogen) atoms. The summed E-state index contributed by atoms with van der Waals surface area (Å²) in [7, 11) is 4.42. The maximum absolute atomic E-state index is 5.50. The summed E-state index contributed by atoms with van der Waals surface area (Å²) in [5, 5.41) is 7.24. The van der Waals surface area contributed by atoms with Gasteiger partial charge in [-0.05, 0) is 46.7 Å². The van der Waals surface area contributed by atoms with Gasteiger partial charge in [0.1, 0.15) is 0 Å². The molecule has 2 aliphatic rings. The Morgan fingerprint density at radius 2 is 2.22 bits per heavy atom. The molecule has 0 aromatic rings. The topological polar surface area (TPSA) is 36.5 Å². The molecule has 1 saturated heterocycles. The van der Waals surface area contributed by atoms with E-state index >= 15 is 0 Å². The molecule has 2 unspecified atom stereocenters. The molecule has 0 aromatic carbocycles. The summed E-state index contributed by atoms with van der Waals surface area (Å²) in [4.78, 5) is 2.40. The molecule has 1 heterocycles. The smallest absolute Gasteiger partial charge is 0.0620 e. The number of hydrogen-bond donors (Lipinski definition) is 2. The van der Waals surface area contributed by atoms with Crippen molar-refractivity contribution in [3.8, 4) is 0 Å². The number of nitrogens with one attached hydrogen (secondary N) is 2. The van der Waals surface area contributed by atoms with Crippen LogP contribution in [0.5, 0.6) is 0 Å². The highest BCUT2D eigenvalue weighted by molar-refractivity contribution is 4.98. The summed E-state index contributed by atoms with van der Waals surface area (Å²) in [6.45, 7) is 6.14. The molecular weight excluding hydrogens is 226 g/mol. The second-order valence-electron chi connectivity index (χ2n) is 6.22. The normalized spacial score (nSPS) is 29.0. The fraction of sp³-hybridized carbons (Fsp3) is 1.00. The van der Waals surface area contributed by atoms with Crippen LogP contribution in [0.1, 0.15) is 32.6 Å². The molecule has 0 spiro atoms. The van der Waals surface area contributed by atoms with Gasteiger partial charge < -0.3 is 20.3 Å². The van der Waals surface area contributed by atoms with E-state index in [0.717, 1.165) is 32.7 Å². The third-order valence-corrected chi connectivity index (χ3v) is 4.65. The number of ether oxygens (including phenoxy) is 1. The second kappa shape index (κ2) is 6.33. The molecule has 0 bridgehead atoms. The van der Waals surface area contributed by atoms with E-state index < -0.39 is 0 Å². The standard InChI is InChI=1S/C14H29N3O/c1-12(9-13-10-18-8-7-15-13)16-11-14(17(2)3)5-4-6-14/h12-13,15-16H,4-11H2,1-3H3. The van der Waals surface area contributed by atoms with Gasteiger partial charge in [0, 0.05) is 30.7 Å². The molecule has 0 radical (unpaired) electrons. The highest BCUT2D eigenvalue weighted by Gasteiger charge is 2.38. The summed E-state index contributed by atoms with van der Waals surface area (Å²) in [5.41, 5.74) is 0.421. The van der Waals surface area contributed by atoms with E-state index in [0.29, 0.717) is 17.6 Å². The lowest BCUT2D eigenvalue weighted by atomic mass is 9.75. The van der Waals surface area contributed by atoms with Gasteiger partial charge in [-0.15, -0.1) is 0 Å². The molecule has 4 nitrogen and oxygen atoms in total. The van der Waals surface area contributed by atoms with Gasteiger partial charge in [0.05, 0.1) is 13.2 Å². The first-order valence-corrected chi connectivity index (χ1v) is 7.34. The first kappa shape index (κ1) is 14.3. The average molecular weight is 255 g/mol. The monoisotopic (exact) mass is 255 g/mol. The Balaban J connectivity index is 1.69. The van der Waals surface area contributed by atoms with E-state index in [-0.39, 0.29) is 0 Å². The molecule has 2 atom stereocenters. The predicted molar refractivity (Wildman–Crippen MR) is 75.0 cm³/mol. The van der Waals surface area contributed by atoms with Gasteiger partial charge in [-0.25, -0.2) is 0 Å². The molecule has 0 amide bonds. The van der Waals surface area contributed by atoms with E-state index in [4.69, 9.17) is 4.74 Å². The fourth-order valence-corrected chi connectivity index (χ4v) is 3.01. The molecule has 2 rings (SSSR count). The van der Waals surface area contributed by atoms with Crippen molar-refractivity contribution in [1.29, 1.82) is 0 Å². The SMILES string of the molecule is CC(CC1COCCN1)NCC1(N(C)C)CCC1. The van der Waals surface area contributed by atoms with Gasteiger partial charge in [-0.3, -0.25) is 0 Å². The number of likely N-dealkylation sites (N-methyl/N-ethyl adjacent to an activating group) is 1. The molecule has 1 aliphatic heterocycles. The number of morpholine rings is 1. The van der Waals surface area contributed by atoms with E-state index in [1.807, 2.05) is 0 Å². The van der Waals surface area contributed by atoms with Crippen molar-refractivity contribution in [2.75, 3.05) is 40.4 Å². The van der Waals surface area contributed by atoms with Gasteiger partial charge in [0.25, 0.3) is 0 Å². The van der Waals surface area contributed by atoms with Gasteiger partial charge in [-0.2, -0.15) is 0 Å². The van der Waals surface area contributed by atoms with E-state index in [2.05, 4.69) is 36.6 Å². The molecule has 4 heteroatoms. The quantitative estimate of drug-likeness (QED) is 0.737. The summed E-state index contributed by atoms with van der Waals surface area (Å²) in [5.74, 6) is 0. The third-order valence-electron chi connectivity index (χ3n) is 4.65. The van der Waals surface area contributed by atoms with Crippen LogP contribution in [0.3, 0.4) is 0 Å². The van der Waals surface area contributed by atoms with Crippen LogP contribution in [0.4, 0.5) is 0 Å². The lowest BCUT2D eigenvalue weighted by Crippen LogP contribution is -2.58.